The Balaban J connectivity index is 1.95. The molecule has 0 unspecified atom stereocenters. The molecule has 3 aromatic heterocycles. The lowest BCUT2D eigenvalue weighted by Gasteiger charge is -2.16. The number of H-pyrrole nitrogens is 1. The van der Waals surface area contributed by atoms with Crippen molar-refractivity contribution in [1.82, 2.24) is 19.0 Å². The van der Waals surface area contributed by atoms with Gasteiger partial charge in [0.1, 0.15) is 0 Å². The number of aromatic nitrogens is 4. The first kappa shape index (κ1) is 18.7. The van der Waals surface area contributed by atoms with Gasteiger partial charge in [0.2, 0.25) is 0 Å². The molecule has 4 rings (SSSR count). The van der Waals surface area contributed by atoms with E-state index in [0.29, 0.717) is 11.3 Å². The summed E-state index contributed by atoms with van der Waals surface area (Å²) in [5.41, 5.74) is 3.50. The van der Waals surface area contributed by atoms with Crippen LogP contribution in [0.5, 0.6) is 0 Å². The van der Waals surface area contributed by atoms with E-state index in [1.165, 1.54) is 6.92 Å². The quantitative estimate of drug-likeness (QED) is 0.373. The number of aryl methyl sites for hydroxylation is 1. The summed E-state index contributed by atoms with van der Waals surface area (Å²) < 4.78 is 38.6. The molecule has 0 fully saturated rings. The second kappa shape index (κ2) is 6.19. The van der Waals surface area contributed by atoms with Crippen LogP contribution < -0.4 is 0 Å². The van der Waals surface area contributed by atoms with Crippen molar-refractivity contribution in [2.45, 2.75) is 38.0 Å². The maximum absolute atomic E-state index is 11.7. The van der Waals surface area contributed by atoms with Crippen LogP contribution in [0.2, 0.25) is 0 Å². The van der Waals surface area contributed by atoms with Crippen LogP contribution in [-0.2, 0) is 15.5 Å². The van der Waals surface area contributed by atoms with Gasteiger partial charge in [0.05, 0.1) is 22.4 Å². The molecule has 0 saturated heterocycles. The molecule has 2 N–H and O–H groups in total. The summed E-state index contributed by atoms with van der Waals surface area (Å²) in [6, 6.07) is 7.67. The average molecular weight is 419 g/mol. The zero-order chi connectivity index (χ0) is 20.3. The van der Waals surface area contributed by atoms with Gasteiger partial charge in [0.15, 0.2) is 21.2 Å². The molecule has 4 aromatic rings. The third-order valence-electron chi connectivity index (χ3n) is 4.27. The molecule has 11 heteroatoms. The van der Waals surface area contributed by atoms with E-state index in [1.54, 1.807) is 0 Å². The number of fused-ring (bicyclic) bond motifs is 3. The maximum atomic E-state index is 11.7. The smallest absolute Gasteiger partial charge is 0.293 e. The van der Waals surface area contributed by atoms with Crippen LogP contribution in [0.1, 0.15) is 32.2 Å². The minimum absolute atomic E-state index is 0.0234. The number of hydrogen-bond donors (Lipinski definition) is 2. The van der Waals surface area contributed by atoms with Crippen molar-refractivity contribution in [3.05, 3.63) is 35.7 Å². The largest absolute Gasteiger partial charge is 0.299 e. The van der Waals surface area contributed by atoms with E-state index in [2.05, 4.69) is 24.7 Å². The zero-order valence-corrected chi connectivity index (χ0v) is 17.3. The molecule has 0 spiro atoms. The molecule has 0 saturated carbocycles. The van der Waals surface area contributed by atoms with E-state index in [1.807, 2.05) is 49.6 Å². The van der Waals surface area contributed by atoms with E-state index >= 15 is 0 Å². The third kappa shape index (κ3) is 3.01. The Morgan fingerprint density at radius 1 is 1.21 bits per heavy atom. The highest BCUT2D eigenvalue weighted by Gasteiger charge is 2.27. The lowest BCUT2D eigenvalue weighted by molar-refractivity contribution is 0.483. The molecule has 0 aliphatic heterocycles. The fourth-order valence-corrected chi connectivity index (χ4v) is 4.79. The van der Waals surface area contributed by atoms with Gasteiger partial charge in [0.25, 0.3) is 10.1 Å². The number of aromatic amines is 1. The monoisotopic (exact) mass is 418 g/mol. The number of rotatable bonds is 3. The molecule has 0 aliphatic rings. The van der Waals surface area contributed by atoms with Gasteiger partial charge >= 0.3 is 0 Å². The van der Waals surface area contributed by atoms with Crippen LogP contribution in [0.4, 0.5) is 10.7 Å². The third-order valence-corrected chi connectivity index (χ3v) is 6.23. The summed E-state index contributed by atoms with van der Waals surface area (Å²) in [5, 5.41) is 11.8. The van der Waals surface area contributed by atoms with Crippen molar-refractivity contribution in [2.75, 3.05) is 0 Å². The van der Waals surface area contributed by atoms with Gasteiger partial charge in [-0.05, 0) is 30.6 Å². The number of azo groups is 1. The van der Waals surface area contributed by atoms with E-state index < -0.39 is 10.1 Å². The van der Waals surface area contributed by atoms with Gasteiger partial charge in [-0.1, -0.05) is 32.9 Å². The topological polar surface area (TPSA) is 125 Å². The van der Waals surface area contributed by atoms with Gasteiger partial charge in [-0.3, -0.25) is 9.65 Å². The number of para-hydroxylation sites is 2. The lowest BCUT2D eigenvalue weighted by atomic mass is 9.91. The van der Waals surface area contributed by atoms with Crippen molar-refractivity contribution in [3.63, 3.8) is 0 Å². The van der Waals surface area contributed by atoms with Gasteiger partial charge in [0, 0.05) is 5.41 Å². The highest BCUT2D eigenvalue weighted by molar-refractivity contribution is 7.86. The van der Waals surface area contributed by atoms with E-state index in [0.717, 1.165) is 28.3 Å². The number of imidazole rings is 1. The fraction of sp³-hybridized carbons (Fsp3) is 0.294. The van der Waals surface area contributed by atoms with Crippen molar-refractivity contribution < 1.29 is 13.0 Å². The van der Waals surface area contributed by atoms with Crippen molar-refractivity contribution in [1.29, 1.82) is 0 Å². The number of nitrogens with zero attached hydrogens (tertiary/aromatic N) is 5. The molecule has 0 atom stereocenters. The Bertz CT molecular complexity index is 1340. The van der Waals surface area contributed by atoms with Gasteiger partial charge < -0.3 is 0 Å². The Labute approximate surface area is 165 Å². The predicted molar refractivity (Wildman–Crippen MR) is 107 cm³/mol. The van der Waals surface area contributed by atoms with Crippen molar-refractivity contribution in [3.8, 4) is 0 Å². The summed E-state index contributed by atoms with van der Waals surface area (Å²) in [6.45, 7) is 7.58. The first-order valence-corrected chi connectivity index (χ1v) is 10.6. The SMILES string of the molecule is Cc1nsc(N=Nc2c(C(C)(C)C)[nH]n3c2nc2ccccc23)c1S(=O)(=O)O. The molecule has 146 valence electrons. The lowest BCUT2D eigenvalue weighted by Crippen LogP contribution is -2.12. The molecule has 0 bridgehead atoms. The Morgan fingerprint density at radius 3 is 2.61 bits per heavy atom. The van der Waals surface area contributed by atoms with Gasteiger partial charge in [-0.25, -0.2) is 9.50 Å². The Morgan fingerprint density at radius 2 is 1.93 bits per heavy atom. The first-order chi connectivity index (χ1) is 13.1. The molecular weight excluding hydrogens is 400 g/mol. The summed E-state index contributed by atoms with van der Waals surface area (Å²) in [4.78, 5) is 4.32. The molecule has 1 aromatic carbocycles. The average Bonchev–Trinajstić information content (AvgIpc) is 3.23. The zero-order valence-electron chi connectivity index (χ0n) is 15.6. The first-order valence-electron chi connectivity index (χ1n) is 8.42. The van der Waals surface area contributed by atoms with Gasteiger partial charge in [-0.2, -0.15) is 12.8 Å². The molecule has 9 nitrogen and oxygen atoms in total. The summed E-state index contributed by atoms with van der Waals surface area (Å²) >= 11 is 0.862. The highest BCUT2D eigenvalue weighted by atomic mass is 32.2. The standard InChI is InChI=1S/C17H18N6O3S2/c1-9-13(28(24,25)26)16(27-22-9)20-19-12-14(17(2,3)4)21-23-11-8-6-5-7-10(11)18-15(12)23/h5-8,21H,1-4H3,(H,24,25,26). The van der Waals surface area contributed by atoms with Crippen molar-refractivity contribution >= 4 is 49.0 Å². The molecule has 0 amide bonds. The van der Waals surface area contributed by atoms with Crippen LogP contribution >= 0.6 is 11.5 Å². The summed E-state index contributed by atoms with van der Waals surface area (Å²) in [6.07, 6.45) is 0. The second-order valence-electron chi connectivity index (χ2n) is 7.42. The van der Waals surface area contributed by atoms with Crippen LogP contribution in [0, 0.1) is 6.92 Å². The minimum atomic E-state index is -4.45. The second-order valence-corrected chi connectivity index (χ2v) is 9.53. The molecule has 3 heterocycles. The molecular formula is C17H18N6O3S2. The molecule has 0 radical (unpaired) electrons. The van der Waals surface area contributed by atoms with E-state index in [9.17, 15) is 13.0 Å². The molecule has 28 heavy (non-hydrogen) atoms. The van der Waals surface area contributed by atoms with Crippen LogP contribution in [0.3, 0.4) is 0 Å². The van der Waals surface area contributed by atoms with E-state index in [-0.39, 0.29) is 21.0 Å². The van der Waals surface area contributed by atoms with E-state index in [4.69, 9.17) is 0 Å². The summed E-state index contributed by atoms with van der Waals surface area (Å²) in [7, 11) is -4.45. The number of nitrogens with one attached hydrogen (secondary N) is 1. The molecule has 0 aliphatic carbocycles. The Hall–Kier alpha value is -2.63. The number of benzene rings is 1. The van der Waals surface area contributed by atoms with Crippen LogP contribution in [0.15, 0.2) is 39.4 Å². The van der Waals surface area contributed by atoms with Crippen LogP contribution in [-0.4, -0.2) is 31.9 Å². The predicted octanol–water partition coefficient (Wildman–Crippen LogP) is 4.54. The maximum Gasteiger partial charge on any atom is 0.299 e. The van der Waals surface area contributed by atoms with Gasteiger partial charge in [-0.15, -0.1) is 10.2 Å². The fourth-order valence-electron chi connectivity index (χ4n) is 3.00. The van der Waals surface area contributed by atoms with Crippen LogP contribution in [0.25, 0.3) is 16.7 Å². The minimum Gasteiger partial charge on any atom is -0.293 e. The summed E-state index contributed by atoms with van der Waals surface area (Å²) in [5.74, 6) is 0. The van der Waals surface area contributed by atoms with Crippen molar-refractivity contribution in [2.24, 2.45) is 10.2 Å². The Kier molecular flexibility index (Phi) is 4.14. The highest BCUT2D eigenvalue weighted by Crippen LogP contribution is 2.38. The normalized spacial score (nSPS) is 13.3. The number of hydrogen-bond acceptors (Lipinski definition) is 7.